The fourth-order valence-corrected chi connectivity index (χ4v) is 3.20. The number of carbonyl (C=O) groups is 1. The first-order valence-electron chi connectivity index (χ1n) is 8.89. The van der Waals surface area contributed by atoms with Gasteiger partial charge in [-0.2, -0.15) is 5.10 Å². The Bertz CT molecular complexity index is 846. The number of hydrazone groups is 1. The number of benzene rings is 2. The van der Waals surface area contributed by atoms with E-state index in [9.17, 15) is 4.79 Å². The first kappa shape index (κ1) is 18.8. The Morgan fingerprint density at radius 2 is 1.81 bits per heavy atom. The first-order chi connectivity index (χ1) is 13.1. The van der Waals surface area contributed by atoms with Gasteiger partial charge in [-0.3, -0.25) is 4.79 Å². The molecule has 0 unspecified atom stereocenters. The molecular weight excluding hydrogens is 344 g/mol. The third-order valence-electron chi connectivity index (χ3n) is 4.53. The molecule has 2 aromatic rings. The van der Waals surface area contributed by atoms with E-state index >= 15 is 0 Å². The zero-order chi connectivity index (χ0) is 19.4. The number of hydrogen-bond acceptors (Lipinski definition) is 5. The standard InChI is InChI=1S/C21H24N2O4/c1-5-27-17-9-6-15(7-10-17)19-13-18(22-23(19)14(2)24)16-8-11-20(25-3)21(12-16)26-4/h6-12,19H,5,13H2,1-4H3/t19-/m1/s1. The van der Waals surface area contributed by atoms with Crippen LogP contribution in [0.1, 0.15) is 37.4 Å². The highest BCUT2D eigenvalue weighted by molar-refractivity contribution is 6.03. The zero-order valence-electron chi connectivity index (χ0n) is 16.1. The van der Waals surface area contributed by atoms with Gasteiger partial charge in [-0.1, -0.05) is 12.1 Å². The van der Waals surface area contributed by atoms with Gasteiger partial charge in [-0.25, -0.2) is 5.01 Å². The molecule has 6 heteroatoms. The third-order valence-corrected chi connectivity index (χ3v) is 4.53. The van der Waals surface area contributed by atoms with Crippen LogP contribution in [0.3, 0.4) is 0 Å². The number of nitrogens with zero attached hydrogens (tertiary/aromatic N) is 2. The van der Waals surface area contributed by atoms with E-state index in [2.05, 4.69) is 5.10 Å². The topological polar surface area (TPSA) is 60.4 Å². The summed E-state index contributed by atoms with van der Waals surface area (Å²) in [6.45, 7) is 4.10. The van der Waals surface area contributed by atoms with Crippen LogP contribution in [0.2, 0.25) is 0 Å². The summed E-state index contributed by atoms with van der Waals surface area (Å²) in [4.78, 5) is 12.1. The van der Waals surface area contributed by atoms with Gasteiger partial charge in [0, 0.05) is 18.9 Å². The molecule has 0 spiro atoms. The highest BCUT2D eigenvalue weighted by atomic mass is 16.5. The van der Waals surface area contributed by atoms with Gasteiger partial charge in [-0.15, -0.1) is 0 Å². The SMILES string of the molecule is CCOc1ccc([C@H]2CC(c3ccc(OC)c(OC)c3)=NN2C(C)=O)cc1. The van der Waals surface area contributed by atoms with Gasteiger partial charge in [-0.05, 0) is 42.8 Å². The van der Waals surface area contributed by atoms with Crippen molar-refractivity contribution in [1.82, 2.24) is 5.01 Å². The van der Waals surface area contributed by atoms with Crippen molar-refractivity contribution in [3.63, 3.8) is 0 Å². The third kappa shape index (κ3) is 3.89. The summed E-state index contributed by atoms with van der Waals surface area (Å²) < 4.78 is 16.2. The molecule has 0 aliphatic carbocycles. The zero-order valence-corrected chi connectivity index (χ0v) is 16.1. The number of carbonyl (C=O) groups excluding carboxylic acids is 1. The van der Waals surface area contributed by atoms with E-state index in [1.54, 1.807) is 19.2 Å². The van der Waals surface area contributed by atoms with Gasteiger partial charge in [0.25, 0.3) is 0 Å². The summed E-state index contributed by atoms with van der Waals surface area (Å²) in [6.07, 6.45) is 0.628. The predicted molar refractivity (Wildman–Crippen MR) is 104 cm³/mol. The van der Waals surface area contributed by atoms with E-state index in [-0.39, 0.29) is 11.9 Å². The smallest absolute Gasteiger partial charge is 0.240 e. The predicted octanol–water partition coefficient (Wildman–Crippen LogP) is 3.80. The van der Waals surface area contributed by atoms with Crippen LogP contribution in [0.5, 0.6) is 17.2 Å². The van der Waals surface area contributed by atoms with Crippen LogP contribution in [0.25, 0.3) is 0 Å². The molecule has 3 rings (SSSR count). The van der Waals surface area contributed by atoms with E-state index in [1.165, 1.54) is 6.92 Å². The molecule has 0 bridgehead atoms. The fraction of sp³-hybridized carbons (Fsp3) is 0.333. The average Bonchev–Trinajstić information content (AvgIpc) is 3.14. The van der Waals surface area contributed by atoms with E-state index in [1.807, 2.05) is 49.4 Å². The Kier molecular flexibility index (Phi) is 5.64. The Labute approximate surface area is 159 Å². The van der Waals surface area contributed by atoms with Gasteiger partial charge in [0.1, 0.15) is 5.75 Å². The van der Waals surface area contributed by atoms with Crippen molar-refractivity contribution in [1.29, 1.82) is 0 Å². The second-order valence-electron chi connectivity index (χ2n) is 6.20. The molecule has 142 valence electrons. The molecule has 6 nitrogen and oxygen atoms in total. The van der Waals surface area contributed by atoms with Crippen LogP contribution in [0.4, 0.5) is 0 Å². The number of ether oxygens (including phenoxy) is 3. The summed E-state index contributed by atoms with van der Waals surface area (Å²) in [5.74, 6) is 2.02. The van der Waals surface area contributed by atoms with Crippen molar-refractivity contribution in [2.24, 2.45) is 5.10 Å². The second-order valence-corrected chi connectivity index (χ2v) is 6.20. The quantitative estimate of drug-likeness (QED) is 0.778. The fourth-order valence-electron chi connectivity index (χ4n) is 3.20. The Morgan fingerprint density at radius 1 is 1.11 bits per heavy atom. The van der Waals surface area contributed by atoms with Crippen molar-refractivity contribution >= 4 is 11.6 Å². The van der Waals surface area contributed by atoms with E-state index in [0.717, 1.165) is 22.6 Å². The molecule has 0 fully saturated rings. The molecule has 0 aromatic heterocycles. The minimum Gasteiger partial charge on any atom is -0.494 e. The van der Waals surface area contributed by atoms with Gasteiger partial charge < -0.3 is 14.2 Å². The first-order valence-corrected chi connectivity index (χ1v) is 8.89. The van der Waals surface area contributed by atoms with Crippen molar-refractivity contribution < 1.29 is 19.0 Å². The molecule has 1 heterocycles. The lowest BCUT2D eigenvalue weighted by atomic mass is 9.98. The summed E-state index contributed by atoms with van der Waals surface area (Å²) >= 11 is 0. The molecular formula is C21H24N2O4. The van der Waals surface area contributed by atoms with Crippen molar-refractivity contribution in [3.05, 3.63) is 53.6 Å². The largest absolute Gasteiger partial charge is 0.494 e. The molecule has 2 aromatic carbocycles. The summed E-state index contributed by atoms with van der Waals surface area (Å²) in [6, 6.07) is 13.3. The Hall–Kier alpha value is -3.02. The number of hydrogen-bond donors (Lipinski definition) is 0. The summed E-state index contributed by atoms with van der Waals surface area (Å²) in [5, 5.41) is 6.12. The number of amides is 1. The van der Waals surface area contributed by atoms with Crippen LogP contribution < -0.4 is 14.2 Å². The Balaban J connectivity index is 1.89. The minimum absolute atomic E-state index is 0.0932. The lowest BCUT2D eigenvalue weighted by Gasteiger charge is -2.20. The maximum atomic E-state index is 12.1. The lowest BCUT2D eigenvalue weighted by Crippen LogP contribution is -2.24. The molecule has 0 saturated carbocycles. The van der Waals surface area contributed by atoms with E-state index in [4.69, 9.17) is 14.2 Å². The van der Waals surface area contributed by atoms with Gasteiger partial charge in [0.05, 0.1) is 32.6 Å². The van der Waals surface area contributed by atoms with Crippen LogP contribution in [-0.2, 0) is 4.79 Å². The molecule has 1 amide bonds. The lowest BCUT2D eigenvalue weighted by molar-refractivity contribution is -0.130. The molecule has 1 atom stereocenters. The van der Waals surface area contributed by atoms with E-state index in [0.29, 0.717) is 24.5 Å². The highest BCUT2D eigenvalue weighted by Gasteiger charge is 2.31. The minimum atomic E-state index is -0.138. The molecule has 1 aliphatic heterocycles. The maximum absolute atomic E-state index is 12.1. The molecule has 0 N–H and O–H groups in total. The monoisotopic (exact) mass is 368 g/mol. The van der Waals surface area contributed by atoms with E-state index < -0.39 is 0 Å². The number of rotatable bonds is 6. The van der Waals surface area contributed by atoms with Gasteiger partial charge in [0.15, 0.2) is 11.5 Å². The van der Waals surface area contributed by atoms with Crippen molar-refractivity contribution in [3.8, 4) is 17.2 Å². The summed E-state index contributed by atoms with van der Waals surface area (Å²) in [7, 11) is 3.20. The van der Waals surface area contributed by atoms with Crippen LogP contribution in [0.15, 0.2) is 47.6 Å². The number of methoxy groups -OCH3 is 2. The summed E-state index contributed by atoms with van der Waals surface area (Å²) in [5.41, 5.74) is 2.77. The van der Waals surface area contributed by atoms with Gasteiger partial charge >= 0.3 is 0 Å². The normalized spacial score (nSPS) is 16.1. The average molecular weight is 368 g/mol. The van der Waals surface area contributed by atoms with Gasteiger partial charge in [0.2, 0.25) is 5.91 Å². The highest BCUT2D eigenvalue weighted by Crippen LogP contribution is 2.35. The maximum Gasteiger partial charge on any atom is 0.240 e. The van der Waals surface area contributed by atoms with Crippen molar-refractivity contribution in [2.45, 2.75) is 26.3 Å². The molecule has 27 heavy (non-hydrogen) atoms. The Morgan fingerprint density at radius 3 is 2.41 bits per heavy atom. The van der Waals surface area contributed by atoms with Crippen LogP contribution in [-0.4, -0.2) is 37.5 Å². The molecule has 0 saturated heterocycles. The van der Waals surface area contributed by atoms with Crippen LogP contribution in [0, 0.1) is 0 Å². The second kappa shape index (κ2) is 8.12. The van der Waals surface area contributed by atoms with Crippen molar-refractivity contribution in [2.75, 3.05) is 20.8 Å². The molecule has 0 radical (unpaired) electrons. The molecule has 1 aliphatic rings. The van der Waals surface area contributed by atoms with Crippen LogP contribution >= 0.6 is 0 Å².